The first-order valence-corrected chi connectivity index (χ1v) is 20.7. The van der Waals surface area contributed by atoms with Crippen LogP contribution in [0.4, 0.5) is 22.7 Å². The van der Waals surface area contributed by atoms with E-state index >= 15 is 0 Å². The fourth-order valence-electron chi connectivity index (χ4n) is 10.1. The predicted octanol–water partition coefficient (Wildman–Crippen LogP) is 14.5. The third-order valence-corrected chi connectivity index (χ3v) is 12.9. The van der Waals surface area contributed by atoms with Gasteiger partial charge in [-0.1, -0.05) is 123 Å². The number of hydrogen-bond donors (Lipinski definition) is 0. The van der Waals surface area contributed by atoms with Gasteiger partial charge in [0.25, 0.3) is 0 Å². The van der Waals surface area contributed by atoms with Gasteiger partial charge in [-0.05, 0) is 138 Å². The zero-order valence-corrected chi connectivity index (χ0v) is 33.9. The Kier molecular flexibility index (Phi) is 7.60. The second kappa shape index (κ2) is 12.7. The number of fused-ring (bicyclic) bond motifs is 8. The average molecular weight is 750 g/mol. The van der Waals surface area contributed by atoms with Crippen molar-refractivity contribution in [3.8, 4) is 27.9 Å². The summed E-state index contributed by atoms with van der Waals surface area (Å²) in [4.78, 5) is 5.08. The zero-order valence-electron chi connectivity index (χ0n) is 33.9. The van der Waals surface area contributed by atoms with Crippen molar-refractivity contribution in [3.63, 3.8) is 0 Å². The number of benzene rings is 8. The van der Waals surface area contributed by atoms with Crippen molar-refractivity contribution in [1.29, 1.82) is 0 Å². The molecule has 1 aromatic heterocycles. The van der Waals surface area contributed by atoms with E-state index in [9.17, 15) is 0 Å². The highest BCUT2D eigenvalue weighted by Gasteiger charge is 2.38. The van der Waals surface area contributed by atoms with Crippen molar-refractivity contribution in [2.75, 3.05) is 16.3 Å². The van der Waals surface area contributed by atoms with E-state index in [1.54, 1.807) is 0 Å². The van der Waals surface area contributed by atoms with Crippen LogP contribution in [0, 0.1) is 0 Å². The molecule has 0 saturated heterocycles. The Morgan fingerprint density at radius 3 is 2.00 bits per heavy atom. The van der Waals surface area contributed by atoms with E-state index in [1.165, 1.54) is 77.2 Å². The molecule has 0 atom stereocenters. The highest BCUT2D eigenvalue weighted by Crippen LogP contribution is 2.55. The van der Waals surface area contributed by atoms with E-state index in [1.807, 2.05) is 0 Å². The molecule has 8 aromatic carbocycles. The van der Waals surface area contributed by atoms with E-state index in [2.05, 4.69) is 219 Å². The minimum Gasteiger partial charge on any atom is -0.366 e. The van der Waals surface area contributed by atoms with Gasteiger partial charge in [-0.15, -0.1) is 0 Å². The lowest BCUT2D eigenvalue weighted by Crippen LogP contribution is -2.40. The van der Waals surface area contributed by atoms with Gasteiger partial charge in [0, 0.05) is 56.7 Å². The summed E-state index contributed by atoms with van der Waals surface area (Å²) in [6.07, 6.45) is 1.08. The summed E-state index contributed by atoms with van der Waals surface area (Å²) in [5, 5.41) is 4.98. The van der Waals surface area contributed by atoms with Gasteiger partial charge >= 0.3 is 0 Å². The maximum absolute atomic E-state index is 2.59. The van der Waals surface area contributed by atoms with Crippen LogP contribution in [-0.4, -0.2) is 16.7 Å². The second-order valence-electron chi connectivity index (χ2n) is 17.8. The Morgan fingerprint density at radius 2 is 1.22 bits per heavy atom. The van der Waals surface area contributed by atoms with Gasteiger partial charge in [0.05, 0.1) is 11.0 Å². The Morgan fingerprint density at radius 1 is 0.534 bits per heavy atom. The van der Waals surface area contributed by atoms with Crippen molar-refractivity contribution in [2.24, 2.45) is 0 Å². The minimum atomic E-state index is -0.190. The molecule has 0 unspecified atom stereocenters. The molecule has 0 radical (unpaired) electrons. The zero-order chi connectivity index (χ0) is 39.3. The summed E-state index contributed by atoms with van der Waals surface area (Å²) in [6.45, 7) is 12.9. The summed E-state index contributed by atoms with van der Waals surface area (Å²) >= 11 is 0. The van der Waals surface area contributed by atoms with E-state index in [-0.39, 0.29) is 11.0 Å². The number of rotatable bonds is 5. The minimum absolute atomic E-state index is 0.0382. The number of para-hydroxylation sites is 2. The van der Waals surface area contributed by atoms with Crippen molar-refractivity contribution in [1.82, 2.24) is 4.57 Å². The molecular formula is C55H47N3. The average Bonchev–Trinajstić information content (AvgIpc) is 3.89. The van der Waals surface area contributed by atoms with Gasteiger partial charge < -0.3 is 14.4 Å². The molecule has 2 aliphatic rings. The summed E-state index contributed by atoms with van der Waals surface area (Å²) in [7, 11) is 0. The van der Waals surface area contributed by atoms with Crippen LogP contribution in [0.3, 0.4) is 0 Å². The fraction of sp³-hybridized carbons (Fsp3) is 0.164. The third kappa shape index (κ3) is 5.26. The van der Waals surface area contributed by atoms with Crippen LogP contribution in [0.2, 0.25) is 0 Å². The van der Waals surface area contributed by atoms with Crippen LogP contribution >= 0.6 is 0 Å². The van der Waals surface area contributed by atoms with E-state index in [4.69, 9.17) is 0 Å². The molecule has 3 nitrogen and oxygen atoms in total. The van der Waals surface area contributed by atoms with E-state index in [0.29, 0.717) is 0 Å². The number of anilines is 4. The topological polar surface area (TPSA) is 11.4 Å². The van der Waals surface area contributed by atoms with Crippen LogP contribution in [0.1, 0.15) is 51.3 Å². The van der Waals surface area contributed by atoms with Gasteiger partial charge in [-0.25, -0.2) is 0 Å². The SMILES string of the molecule is CC1(C)c2ccccc2-c2c(-c3ccc4c(c3)N(C(C)(C)C)CC4)cc(N(c3cccc(-n4c5ccccc5c5ccccc54)c3)c3ccc4ccccc4c3)cc21. The van der Waals surface area contributed by atoms with Crippen LogP contribution in [0.15, 0.2) is 170 Å². The lowest BCUT2D eigenvalue weighted by molar-refractivity contribution is 0.518. The summed E-state index contributed by atoms with van der Waals surface area (Å²) in [5.41, 5.74) is 17.6. The molecule has 1 aliphatic carbocycles. The molecule has 0 bridgehead atoms. The molecule has 58 heavy (non-hydrogen) atoms. The van der Waals surface area contributed by atoms with Gasteiger partial charge in [0.15, 0.2) is 0 Å². The van der Waals surface area contributed by atoms with Crippen molar-refractivity contribution in [3.05, 3.63) is 187 Å². The van der Waals surface area contributed by atoms with Crippen LogP contribution in [-0.2, 0) is 11.8 Å². The first kappa shape index (κ1) is 34.7. The van der Waals surface area contributed by atoms with Gasteiger partial charge in [-0.3, -0.25) is 0 Å². The molecule has 11 rings (SSSR count). The van der Waals surface area contributed by atoms with Gasteiger partial charge in [-0.2, -0.15) is 0 Å². The first-order valence-electron chi connectivity index (χ1n) is 20.7. The number of aromatic nitrogens is 1. The van der Waals surface area contributed by atoms with Gasteiger partial charge in [0.2, 0.25) is 0 Å². The Labute approximate surface area is 341 Å². The van der Waals surface area contributed by atoms with Crippen molar-refractivity contribution < 1.29 is 0 Å². The normalized spacial score (nSPS) is 14.3. The fourth-order valence-corrected chi connectivity index (χ4v) is 10.1. The number of hydrogen-bond acceptors (Lipinski definition) is 2. The molecular weight excluding hydrogens is 703 g/mol. The summed E-state index contributed by atoms with van der Waals surface area (Å²) in [5.74, 6) is 0. The van der Waals surface area contributed by atoms with Crippen LogP contribution in [0.25, 0.3) is 60.5 Å². The quantitative estimate of drug-likeness (QED) is 0.174. The molecule has 9 aromatic rings. The molecule has 2 heterocycles. The monoisotopic (exact) mass is 749 g/mol. The molecule has 0 spiro atoms. The standard InChI is InChI=1S/C55H47N3/c1-54(2,3)56-30-29-37-25-26-39(32-52(37)56)47-34-43(35-49-53(47)46-21-8-11-22-48(46)55(49,4)5)57(42-28-27-36-15-6-7-16-38(36)31-42)40-17-14-18-41(33-40)58-50-23-12-9-19-44(50)45-20-10-13-24-51(45)58/h6-28,31-35H,29-30H2,1-5H3. The Bertz CT molecular complexity index is 3050. The maximum Gasteiger partial charge on any atom is 0.0541 e. The molecule has 0 amide bonds. The largest absolute Gasteiger partial charge is 0.366 e. The second-order valence-corrected chi connectivity index (χ2v) is 17.8. The van der Waals surface area contributed by atoms with E-state index in [0.717, 1.165) is 35.7 Å². The smallest absolute Gasteiger partial charge is 0.0541 e. The maximum atomic E-state index is 2.59. The lowest BCUT2D eigenvalue weighted by atomic mass is 9.81. The third-order valence-electron chi connectivity index (χ3n) is 12.9. The lowest BCUT2D eigenvalue weighted by Gasteiger charge is -2.35. The highest BCUT2D eigenvalue weighted by atomic mass is 15.2. The van der Waals surface area contributed by atoms with Crippen molar-refractivity contribution >= 4 is 55.3 Å². The molecule has 0 fully saturated rings. The predicted molar refractivity (Wildman–Crippen MR) is 247 cm³/mol. The molecule has 3 heteroatoms. The first-order chi connectivity index (χ1) is 28.1. The highest BCUT2D eigenvalue weighted by molar-refractivity contribution is 6.09. The Hall–Kier alpha value is -6.58. The van der Waals surface area contributed by atoms with Crippen LogP contribution < -0.4 is 9.80 Å². The van der Waals surface area contributed by atoms with Gasteiger partial charge in [0.1, 0.15) is 0 Å². The molecule has 0 saturated carbocycles. The molecule has 0 N–H and O–H groups in total. The molecule has 282 valence electrons. The van der Waals surface area contributed by atoms with E-state index < -0.39 is 0 Å². The summed E-state index contributed by atoms with van der Waals surface area (Å²) in [6, 6.07) is 63.5. The summed E-state index contributed by atoms with van der Waals surface area (Å²) < 4.78 is 2.42. The van der Waals surface area contributed by atoms with Crippen molar-refractivity contribution in [2.45, 2.75) is 52.0 Å². The number of nitrogens with zero attached hydrogens (tertiary/aromatic N) is 3. The molecule has 1 aliphatic heterocycles. The Balaban J connectivity index is 1.18. The van der Waals surface area contributed by atoms with Crippen LogP contribution in [0.5, 0.6) is 0 Å².